The summed E-state index contributed by atoms with van der Waals surface area (Å²) >= 11 is 0. The second kappa shape index (κ2) is 9.23. The lowest BCUT2D eigenvalue weighted by Gasteiger charge is -2.45. The van der Waals surface area contributed by atoms with E-state index in [1.54, 1.807) is 37.7 Å². The predicted molar refractivity (Wildman–Crippen MR) is 117 cm³/mol. The molecule has 0 heterocycles. The zero-order chi connectivity index (χ0) is 17.8. The number of hydrogen-bond donors (Lipinski definition) is 0. The van der Waals surface area contributed by atoms with Crippen LogP contribution >= 0.6 is 7.92 Å². The van der Waals surface area contributed by atoms with Crippen molar-refractivity contribution in [3.8, 4) is 0 Å². The van der Waals surface area contributed by atoms with Crippen LogP contribution in [-0.4, -0.2) is 17.0 Å². The van der Waals surface area contributed by atoms with Crippen molar-refractivity contribution in [2.45, 2.75) is 113 Å². The summed E-state index contributed by atoms with van der Waals surface area (Å²) in [4.78, 5) is 0. The highest BCUT2D eigenvalue weighted by molar-refractivity contribution is 7.60. The highest BCUT2D eigenvalue weighted by atomic mass is 31.1. The first-order valence-electron chi connectivity index (χ1n) is 11.7. The molecule has 144 valence electrons. The lowest BCUT2D eigenvalue weighted by Crippen LogP contribution is -2.30. The van der Waals surface area contributed by atoms with E-state index in [9.17, 15) is 0 Å². The Morgan fingerprint density at radius 3 is 1.85 bits per heavy atom. The molecule has 0 aromatic heterocycles. The summed E-state index contributed by atoms with van der Waals surface area (Å²) in [5.74, 6) is 1.73. The predicted octanol–water partition coefficient (Wildman–Crippen LogP) is 8.11. The van der Waals surface area contributed by atoms with E-state index in [1.165, 1.54) is 51.4 Å². The molecule has 1 aromatic carbocycles. The van der Waals surface area contributed by atoms with Crippen LogP contribution in [-0.2, 0) is 0 Å². The van der Waals surface area contributed by atoms with Gasteiger partial charge in [-0.2, -0.15) is 0 Å². The Hall–Kier alpha value is -0.350. The average Bonchev–Trinajstić information content (AvgIpc) is 3.19. The van der Waals surface area contributed by atoms with Gasteiger partial charge in [-0.1, -0.05) is 90.1 Å². The van der Waals surface area contributed by atoms with Crippen LogP contribution in [0.3, 0.4) is 0 Å². The summed E-state index contributed by atoms with van der Waals surface area (Å²) in [7, 11) is 0.240. The van der Waals surface area contributed by atoms with Crippen molar-refractivity contribution in [1.82, 2.24) is 0 Å². The number of rotatable bonds is 5. The Bertz CT molecular complexity index is 508. The summed E-state index contributed by atoms with van der Waals surface area (Å²) in [6, 6.07) is 11.5. The van der Waals surface area contributed by atoms with Crippen molar-refractivity contribution in [1.29, 1.82) is 0 Å². The number of hydrogen-bond acceptors (Lipinski definition) is 0. The van der Waals surface area contributed by atoms with Gasteiger partial charge < -0.3 is 0 Å². The Labute approximate surface area is 163 Å². The van der Waals surface area contributed by atoms with Crippen molar-refractivity contribution < 1.29 is 0 Å². The van der Waals surface area contributed by atoms with Gasteiger partial charge in [0.1, 0.15) is 0 Å². The maximum atomic E-state index is 2.55. The topological polar surface area (TPSA) is 0 Å². The van der Waals surface area contributed by atoms with Crippen LogP contribution < -0.4 is 0 Å². The number of benzene rings is 1. The molecule has 3 aliphatic carbocycles. The van der Waals surface area contributed by atoms with Gasteiger partial charge in [-0.25, -0.2) is 0 Å². The summed E-state index contributed by atoms with van der Waals surface area (Å²) in [5, 5.41) is 0. The van der Waals surface area contributed by atoms with Gasteiger partial charge in [-0.3, -0.25) is 0 Å². The molecule has 3 saturated carbocycles. The molecule has 0 radical (unpaired) electrons. The van der Waals surface area contributed by atoms with Crippen LogP contribution in [0.15, 0.2) is 30.3 Å². The van der Waals surface area contributed by atoms with Crippen LogP contribution in [0.2, 0.25) is 0 Å². The van der Waals surface area contributed by atoms with E-state index in [2.05, 4.69) is 37.3 Å². The van der Waals surface area contributed by atoms with Crippen LogP contribution in [0.1, 0.15) is 102 Å². The molecule has 3 atom stereocenters. The van der Waals surface area contributed by atoms with E-state index in [4.69, 9.17) is 0 Å². The van der Waals surface area contributed by atoms with Crippen LogP contribution in [0.5, 0.6) is 0 Å². The molecule has 0 saturated heterocycles. The fourth-order valence-corrected chi connectivity index (χ4v) is 11.5. The normalized spacial score (nSPS) is 29.9. The highest BCUT2D eigenvalue weighted by Crippen LogP contribution is 2.65. The third kappa shape index (κ3) is 4.22. The zero-order valence-electron chi connectivity index (χ0n) is 16.9. The molecule has 3 fully saturated rings. The molecule has 2 unspecified atom stereocenters. The van der Waals surface area contributed by atoms with Gasteiger partial charge in [0.15, 0.2) is 0 Å². The quantitative estimate of drug-likeness (QED) is 0.459. The van der Waals surface area contributed by atoms with E-state index in [0.29, 0.717) is 0 Å². The standard InChI is InChI=1S/C25H39P/c1-20(21-12-5-2-6-13-21)24-18-11-19-25(24)26(22-14-7-3-8-15-22)23-16-9-4-10-17-23/h2,5-6,12-13,20,22-25H,3-4,7-11,14-19H2,1H3/t20-,24?,25?/m0/s1. The smallest absolute Gasteiger partial charge is 0.0156 e. The van der Waals surface area contributed by atoms with Crippen LogP contribution in [0.25, 0.3) is 0 Å². The lowest BCUT2D eigenvalue weighted by atomic mass is 9.86. The molecule has 0 amide bonds. The molecule has 1 heteroatoms. The fraction of sp³-hybridized carbons (Fsp3) is 0.760. The monoisotopic (exact) mass is 370 g/mol. The van der Waals surface area contributed by atoms with E-state index in [1.807, 2.05) is 0 Å². The largest absolute Gasteiger partial charge is 0.0968 e. The molecular weight excluding hydrogens is 331 g/mol. The van der Waals surface area contributed by atoms with Gasteiger partial charge in [0, 0.05) is 0 Å². The summed E-state index contributed by atoms with van der Waals surface area (Å²) < 4.78 is 0. The Kier molecular flexibility index (Phi) is 6.74. The minimum absolute atomic E-state index is 0.240. The second-order valence-corrected chi connectivity index (χ2v) is 12.4. The van der Waals surface area contributed by atoms with E-state index in [-0.39, 0.29) is 7.92 Å². The van der Waals surface area contributed by atoms with Crippen LogP contribution in [0, 0.1) is 5.92 Å². The molecule has 0 N–H and O–H groups in total. The van der Waals surface area contributed by atoms with Crippen molar-refractivity contribution >= 4 is 7.92 Å². The average molecular weight is 371 g/mol. The first kappa shape index (κ1) is 19.0. The second-order valence-electron chi connectivity index (χ2n) is 9.39. The van der Waals surface area contributed by atoms with E-state index >= 15 is 0 Å². The van der Waals surface area contributed by atoms with Gasteiger partial charge in [-0.15, -0.1) is 0 Å². The van der Waals surface area contributed by atoms with E-state index in [0.717, 1.165) is 28.8 Å². The highest BCUT2D eigenvalue weighted by Gasteiger charge is 2.43. The first-order chi connectivity index (χ1) is 12.8. The maximum absolute atomic E-state index is 2.55. The molecule has 0 spiro atoms. The first-order valence-corrected chi connectivity index (χ1v) is 13.2. The molecule has 0 nitrogen and oxygen atoms in total. The van der Waals surface area contributed by atoms with Gasteiger partial charge in [0.25, 0.3) is 0 Å². The van der Waals surface area contributed by atoms with E-state index < -0.39 is 0 Å². The van der Waals surface area contributed by atoms with Crippen molar-refractivity contribution in [2.75, 3.05) is 0 Å². The molecule has 0 aliphatic heterocycles. The fourth-order valence-electron chi connectivity index (χ4n) is 6.52. The molecule has 0 bridgehead atoms. The van der Waals surface area contributed by atoms with Gasteiger partial charge >= 0.3 is 0 Å². The third-order valence-electron chi connectivity index (χ3n) is 7.87. The summed E-state index contributed by atoms with van der Waals surface area (Å²) in [6.07, 6.45) is 20.0. The Balaban J connectivity index is 1.56. The van der Waals surface area contributed by atoms with Crippen molar-refractivity contribution in [3.63, 3.8) is 0 Å². The van der Waals surface area contributed by atoms with Gasteiger partial charge in [0.05, 0.1) is 0 Å². The molecule has 4 rings (SSSR count). The Morgan fingerprint density at radius 1 is 0.692 bits per heavy atom. The van der Waals surface area contributed by atoms with Crippen LogP contribution in [0.4, 0.5) is 0 Å². The maximum Gasteiger partial charge on any atom is -0.0156 e. The lowest BCUT2D eigenvalue weighted by molar-refractivity contribution is 0.443. The molecule has 3 aliphatic rings. The van der Waals surface area contributed by atoms with Crippen molar-refractivity contribution in [2.24, 2.45) is 5.92 Å². The van der Waals surface area contributed by atoms with Crippen molar-refractivity contribution in [3.05, 3.63) is 35.9 Å². The molecule has 1 aromatic rings. The summed E-state index contributed by atoms with van der Waals surface area (Å²) in [6.45, 7) is 2.55. The third-order valence-corrected chi connectivity index (χ3v) is 12.0. The zero-order valence-corrected chi connectivity index (χ0v) is 17.8. The van der Waals surface area contributed by atoms with Gasteiger partial charge in [0.2, 0.25) is 0 Å². The minimum atomic E-state index is 0.240. The molecular formula is C25H39P. The summed E-state index contributed by atoms with van der Waals surface area (Å²) in [5.41, 5.74) is 4.92. The SMILES string of the molecule is C[C@@H](c1ccccc1)C1CCCC1P(C1CCCCC1)C1CCCCC1. The Morgan fingerprint density at radius 2 is 1.27 bits per heavy atom. The van der Waals surface area contributed by atoms with Gasteiger partial charge in [-0.05, 0) is 72.9 Å². The molecule has 26 heavy (non-hydrogen) atoms. The minimum Gasteiger partial charge on any atom is -0.0968 e.